The molecule has 222 valence electrons. The lowest BCUT2D eigenvalue weighted by Crippen LogP contribution is -2.34. The van der Waals surface area contributed by atoms with Gasteiger partial charge in [0.1, 0.15) is 42.4 Å². The quantitative estimate of drug-likeness (QED) is 0.278. The fourth-order valence-corrected chi connectivity index (χ4v) is 4.66. The maximum absolute atomic E-state index is 12.6. The standard InChI is InChI=1S/C28H28F3N5O6/c1-39-22-8-18(9-23(40-2)26(22)27(38)33-16-28(29,30)31)21-12-32-24-10-17(5-6-36(21)24)19-11-34-35(13-19)14-25(37)42-15-20-4-3-7-41-20/h5-6,8-13,20H,3-4,7,14-16H2,1-2H3,(H,33,38). The number of rotatable bonds is 10. The molecular weight excluding hydrogens is 559 g/mol. The molecule has 1 N–H and O–H groups in total. The number of hydrogen-bond acceptors (Lipinski definition) is 8. The zero-order valence-electron chi connectivity index (χ0n) is 22.8. The Balaban J connectivity index is 1.34. The highest BCUT2D eigenvalue weighted by Crippen LogP contribution is 2.36. The first kappa shape index (κ1) is 28.9. The molecule has 0 radical (unpaired) electrons. The van der Waals surface area contributed by atoms with Crippen molar-refractivity contribution < 1.29 is 41.7 Å². The number of nitrogens with zero attached hydrogens (tertiary/aromatic N) is 4. The van der Waals surface area contributed by atoms with Gasteiger partial charge in [0.15, 0.2) is 0 Å². The number of amides is 1. The third-order valence-electron chi connectivity index (χ3n) is 6.70. The van der Waals surface area contributed by atoms with Gasteiger partial charge in [0.05, 0.1) is 38.4 Å². The molecule has 1 aromatic carbocycles. The Bertz CT molecular complexity index is 1570. The maximum atomic E-state index is 12.6. The van der Waals surface area contributed by atoms with Crippen LogP contribution < -0.4 is 14.8 Å². The van der Waals surface area contributed by atoms with Crippen LogP contribution in [-0.4, -0.2) is 77.3 Å². The Labute approximate surface area is 238 Å². The predicted molar refractivity (Wildman–Crippen MR) is 143 cm³/mol. The van der Waals surface area contributed by atoms with Gasteiger partial charge in [-0.1, -0.05) is 0 Å². The van der Waals surface area contributed by atoms with Crippen molar-refractivity contribution in [3.8, 4) is 33.9 Å². The number of benzene rings is 1. The number of methoxy groups -OCH3 is 2. The molecule has 0 bridgehead atoms. The maximum Gasteiger partial charge on any atom is 0.405 e. The predicted octanol–water partition coefficient (Wildman–Crippen LogP) is 3.90. The number of hydrogen-bond donors (Lipinski definition) is 1. The van der Waals surface area contributed by atoms with Crippen molar-refractivity contribution in [2.75, 3.05) is 34.0 Å². The Morgan fingerprint density at radius 3 is 2.52 bits per heavy atom. The van der Waals surface area contributed by atoms with Crippen LogP contribution in [0.2, 0.25) is 0 Å². The summed E-state index contributed by atoms with van der Waals surface area (Å²) in [6, 6.07) is 6.76. The number of aromatic nitrogens is 4. The van der Waals surface area contributed by atoms with Crippen molar-refractivity contribution in [2.24, 2.45) is 0 Å². The zero-order chi connectivity index (χ0) is 29.9. The van der Waals surface area contributed by atoms with E-state index in [0.717, 1.165) is 24.0 Å². The van der Waals surface area contributed by atoms with Crippen LogP contribution >= 0.6 is 0 Å². The van der Waals surface area contributed by atoms with E-state index in [0.29, 0.717) is 23.5 Å². The van der Waals surface area contributed by atoms with Crippen LogP contribution in [-0.2, 0) is 20.8 Å². The minimum atomic E-state index is -4.57. The molecule has 0 saturated carbocycles. The number of fused-ring (bicyclic) bond motifs is 1. The highest BCUT2D eigenvalue weighted by molar-refractivity contribution is 6.00. The molecule has 3 aromatic heterocycles. The minimum absolute atomic E-state index is 0.0314. The van der Waals surface area contributed by atoms with E-state index in [1.807, 2.05) is 17.4 Å². The number of alkyl halides is 3. The van der Waals surface area contributed by atoms with Crippen LogP contribution in [0.15, 0.2) is 49.1 Å². The third-order valence-corrected chi connectivity index (χ3v) is 6.70. The summed E-state index contributed by atoms with van der Waals surface area (Å²) in [6.07, 6.45) is 4.02. The molecule has 5 rings (SSSR count). The van der Waals surface area contributed by atoms with E-state index in [1.54, 1.807) is 29.2 Å². The Kier molecular flexibility index (Phi) is 8.34. The molecule has 0 aliphatic carbocycles. The highest BCUT2D eigenvalue weighted by atomic mass is 19.4. The van der Waals surface area contributed by atoms with Crippen LogP contribution in [0.3, 0.4) is 0 Å². The van der Waals surface area contributed by atoms with Gasteiger partial charge in [0.2, 0.25) is 0 Å². The summed E-state index contributed by atoms with van der Waals surface area (Å²) in [4.78, 5) is 29.3. The number of pyridine rings is 1. The van der Waals surface area contributed by atoms with Gasteiger partial charge in [-0.05, 0) is 42.7 Å². The molecule has 11 nitrogen and oxygen atoms in total. The number of nitrogens with one attached hydrogen (secondary N) is 1. The van der Waals surface area contributed by atoms with Gasteiger partial charge < -0.3 is 24.3 Å². The molecule has 1 aliphatic heterocycles. The van der Waals surface area contributed by atoms with Gasteiger partial charge in [-0.15, -0.1) is 0 Å². The Hall–Kier alpha value is -4.59. The first-order valence-corrected chi connectivity index (χ1v) is 13.0. The molecular formula is C28H28F3N5O6. The molecule has 4 heterocycles. The number of carbonyl (C=O) groups excluding carboxylic acids is 2. The van der Waals surface area contributed by atoms with Crippen LogP contribution in [0.4, 0.5) is 13.2 Å². The minimum Gasteiger partial charge on any atom is -0.496 e. The summed E-state index contributed by atoms with van der Waals surface area (Å²) in [5, 5.41) is 6.11. The summed E-state index contributed by atoms with van der Waals surface area (Å²) < 4.78 is 62.7. The normalized spacial score (nSPS) is 15.1. The van der Waals surface area contributed by atoms with Crippen molar-refractivity contribution in [1.82, 2.24) is 24.5 Å². The molecule has 1 amide bonds. The monoisotopic (exact) mass is 587 g/mol. The van der Waals surface area contributed by atoms with E-state index in [4.69, 9.17) is 18.9 Å². The van der Waals surface area contributed by atoms with E-state index in [1.165, 1.54) is 31.0 Å². The fourth-order valence-electron chi connectivity index (χ4n) is 4.66. The molecule has 4 aromatic rings. The lowest BCUT2D eigenvalue weighted by Gasteiger charge is -2.16. The summed E-state index contributed by atoms with van der Waals surface area (Å²) in [5.41, 5.74) is 3.20. The molecule has 0 spiro atoms. The summed E-state index contributed by atoms with van der Waals surface area (Å²) in [6.45, 7) is -0.600. The van der Waals surface area contributed by atoms with Gasteiger partial charge in [-0.2, -0.15) is 18.3 Å². The van der Waals surface area contributed by atoms with Crippen molar-refractivity contribution in [2.45, 2.75) is 31.7 Å². The second kappa shape index (κ2) is 12.1. The van der Waals surface area contributed by atoms with E-state index < -0.39 is 24.6 Å². The fraction of sp³-hybridized carbons (Fsp3) is 0.357. The SMILES string of the molecule is COc1cc(-c2cnc3cc(-c4cnn(CC(=O)OCC5CCCO5)c4)ccn23)cc(OC)c1C(=O)NCC(F)(F)F. The van der Waals surface area contributed by atoms with Crippen LogP contribution in [0.1, 0.15) is 23.2 Å². The summed E-state index contributed by atoms with van der Waals surface area (Å²) >= 11 is 0. The van der Waals surface area contributed by atoms with Gasteiger partial charge in [0.25, 0.3) is 5.91 Å². The lowest BCUT2D eigenvalue weighted by atomic mass is 10.1. The van der Waals surface area contributed by atoms with Gasteiger partial charge in [0, 0.05) is 30.1 Å². The second-order valence-corrected chi connectivity index (χ2v) is 9.59. The molecule has 1 saturated heterocycles. The highest BCUT2D eigenvalue weighted by Gasteiger charge is 2.30. The van der Waals surface area contributed by atoms with Crippen molar-refractivity contribution in [3.63, 3.8) is 0 Å². The van der Waals surface area contributed by atoms with Crippen LogP contribution in [0, 0.1) is 0 Å². The Morgan fingerprint density at radius 1 is 1.10 bits per heavy atom. The average Bonchev–Trinajstić information content (AvgIpc) is 3.74. The molecule has 1 unspecified atom stereocenters. The summed E-state index contributed by atoms with van der Waals surface area (Å²) in [5.74, 6) is -1.30. The summed E-state index contributed by atoms with van der Waals surface area (Å²) in [7, 11) is 2.62. The lowest BCUT2D eigenvalue weighted by molar-refractivity contribution is -0.147. The van der Waals surface area contributed by atoms with Crippen LogP contribution in [0.25, 0.3) is 28.0 Å². The number of ether oxygens (including phenoxy) is 4. The van der Waals surface area contributed by atoms with Gasteiger partial charge in [-0.3, -0.25) is 18.7 Å². The van der Waals surface area contributed by atoms with Crippen LogP contribution in [0.5, 0.6) is 11.5 Å². The van der Waals surface area contributed by atoms with Crippen molar-refractivity contribution in [3.05, 3.63) is 54.6 Å². The van der Waals surface area contributed by atoms with Gasteiger partial charge >= 0.3 is 12.1 Å². The second-order valence-electron chi connectivity index (χ2n) is 9.59. The molecule has 1 aliphatic rings. The van der Waals surface area contributed by atoms with Crippen molar-refractivity contribution >= 4 is 17.5 Å². The van der Waals surface area contributed by atoms with E-state index >= 15 is 0 Å². The number of halogens is 3. The Morgan fingerprint density at radius 2 is 1.86 bits per heavy atom. The molecule has 42 heavy (non-hydrogen) atoms. The number of carbonyl (C=O) groups is 2. The number of imidazole rings is 1. The zero-order valence-corrected chi connectivity index (χ0v) is 22.8. The molecule has 1 fully saturated rings. The van der Waals surface area contributed by atoms with E-state index in [2.05, 4.69) is 10.1 Å². The number of esters is 1. The first-order valence-electron chi connectivity index (χ1n) is 13.0. The van der Waals surface area contributed by atoms with Gasteiger partial charge in [-0.25, -0.2) is 4.98 Å². The average molecular weight is 588 g/mol. The van der Waals surface area contributed by atoms with Crippen molar-refractivity contribution in [1.29, 1.82) is 0 Å². The topological polar surface area (TPSA) is 118 Å². The molecule has 1 atom stereocenters. The molecule has 14 heteroatoms. The smallest absolute Gasteiger partial charge is 0.405 e. The van der Waals surface area contributed by atoms with E-state index in [-0.39, 0.29) is 36.3 Å². The largest absolute Gasteiger partial charge is 0.496 e. The third kappa shape index (κ3) is 6.48. The first-order chi connectivity index (χ1) is 20.1. The van der Waals surface area contributed by atoms with E-state index in [9.17, 15) is 22.8 Å².